The summed E-state index contributed by atoms with van der Waals surface area (Å²) in [5, 5.41) is 14.3. The smallest absolute Gasteiger partial charge is 0.259 e. The Bertz CT molecular complexity index is 1310. The van der Waals surface area contributed by atoms with E-state index in [0.717, 1.165) is 53.9 Å². The SMILES string of the molecule is Cc1cc(OCc2ccc(-c3ccccc3-c3nnn[nH]3)cc2)c(C(=O)N2CCCCC2)c(C)n1. The minimum atomic E-state index is 0.0126. The molecule has 1 amide bonds. The molecule has 8 nitrogen and oxygen atoms in total. The minimum absolute atomic E-state index is 0.0126. The zero-order valence-corrected chi connectivity index (χ0v) is 20.0. The average molecular weight is 469 g/mol. The molecular weight excluding hydrogens is 440 g/mol. The van der Waals surface area contributed by atoms with Crippen LogP contribution in [0.4, 0.5) is 0 Å². The van der Waals surface area contributed by atoms with E-state index in [1.54, 1.807) is 0 Å². The van der Waals surface area contributed by atoms with Crippen LogP contribution < -0.4 is 4.74 Å². The fourth-order valence-electron chi connectivity index (χ4n) is 4.58. The molecule has 2 aromatic heterocycles. The summed E-state index contributed by atoms with van der Waals surface area (Å²) in [7, 11) is 0. The van der Waals surface area contributed by atoms with Crippen LogP contribution in [0.5, 0.6) is 5.75 Å². The summed E-state index contributed by atoms with van der Waals surface area (Å²) in [6, 6.07) is 18.1. The van der Waals surface area contributed by atoms with E-state index in [9.17, 15) is 4.79 Å². The van der Waals surface area contributed by atoms with Crippen LogP contribution in [0, 0.1) is 13.8 Å². The highest BCUT2D eigenvalue weighted by Crippen LogP contribution is 2.30. The second-order valence-corrected chi connectivity index (χ2v) is 8.86. The highest BCUT2D eigenvalue weighted by atomic mass is 16.5. The van der Waals surface area contributed by atoms with Crippen LogP contribution in [-0.4, -0.2) is 49.5 Å². The van der Waals surface area contributed by atoms with Crippen molar-refractivity contribution in [2.24, 2.45) is 0 Å². The van der Waals surface area contributed by atoms with E-state index in [-0.39, 0.29) is 5.91 Å². The van der Waals surface area contributed by atoms with E-state index in [0.29, 0.717) is 29.4 Å². The fourth-order valence-corrected chi connectivity index (χ4v) is 4.58. The largest absolute Gasteiger partial charge is 0.488 e. The number of pyridine rings is 1. The Morgan fingerprint density at radius 3 is 2.46 bits per heavy atom. The van der Waals surface area contributed by atoms with Crippen molar-refractivity contribution >= 4 is 5.91 Å². The molecule has 1 saturated heterocycles. The lowest BCUT2D eigenvalue weighted by Crippen LogP contribution is -2.36. The molecule has 2 aromatic carbocycles. The van der Waals surface area contributed by atoms with Gasteiger partial charge in [-0.25, -0.2) is 5.10 Å². The van der Waals surface area contributed by atoms with Crippen molar-refractivity contribution in [1.82, 2.24) is 30.5 Å². The summed E-state index contributed by atoms with van der Waals surface area (Å²) < 4.78 is 6.21. The normalized spacial score (nSPS) is 13.6. The number of hydrogen-bond acceptors (Lipinski definition) is 6. The van der Waals surface area contributed by atoms with Gasteiger partial charge in [-0.2, -0.15) is 0 Å². The Morgan fingerprint density at radius 2 is 1.74 bits per heavy atom. The zero-order chi connectivity index (χ0) is 24.2. The monoisotopic (exact) mass is 468 g/mol. The Hall–Kier alpha value is -4.07. The molecule has 0 radical (unpaired) electrons. The molecule has 1 aliphatic rings. The molecule has 3 heterocycles. The third-order valence-corrected chi connectivity index (χ3v) is 6.34. The maximum atomic E-state index is 13.3. The summed E-state index contributed by atoms with van der Waals surface area (Å²) in [6.07, 6.45) is 3.26. The molecule has 0 aliphatic carbocycles. The number of aryl methyl sites for hydroxylation is 2. The number of hydrogen-bond donors (Lipinski definition) is 1. The van der Waals surface area contributed by atoms with Crippen LogP contribution in [0.2, 0.25) is 0 Å². The first-order valence-corrected chi connectivity index (χ1v) is 11.9. The summed E-state index contributed by atoms with van der Waals surface area (Å²) >= 11 is 0. The van der Waals surface area contributed by atoms with E-state index in [1.807, 2.05) is 61.2 Å². The Kier molecular flexibility index (Phi) is 6.52. The number of piperidine rings is 1. The molecule has 5 rings (SSSR count). The number of aromatic nitrogens is 5. The number of nitrogens with one attached hydrogen (secondary N) is 1. The van der Waals surface area contributed by atoms with Gasteiger partial charge in [-0.1, -0.05) is 48.5 Å². The van der Waals surface area contributed by atoms with Gasteiger partial charge in [0.25, 0.3) is 5.91 Å². The number of likely N-dealkylation sites (tertiary alicyclic amines) is 1. The number of benzene rings is 2. The number of carbonyl (C=O) groups excluding carboxylic acids is 1. The third kappa shape index (κ3) is 4.91. The van der Waals surface area contributed by atoms with Gasteiger partial charge in [-0.05, 0) is 60.2 Å². The molecule has 0 saturated carbocycles. The van der Waals surface area contributed by atoms with Gasteiger partial charge < -0.3 is 9.64 Å². The third-order valence-electron chi connectivity index (χ3n) is 6.34. The van der Waals surface area contributed by atoms with Gasteiger partial charge in [-0.15, -0.1) is 5.10 Å². The van der Waals surface area contributed by atoms with Gasteiger partial charge in [0.05, 0.1) is 5.69 Å². The number of rotatable bonds is 6. The van der Waals surface area contributed by atoms with E-state index in [1.165, 1.54) is 6.42 Å². The number of amides is 1. The van der Waals surface area contributed by atoms with Crippen LogP contribution >= 0.6 is 0 Å². The summed E-state index contributed by atoms with van der Waals surface area (Å²) in [4.78, 5) is 19.7. The molecule has 0 atom stereocenters. The predicted octanol–water partition coefficient (Wildman–Crippen LogP) is 4.75. The van der Waals surface area contributed by atoms with Gasteiger partial charge in [0.15, 0.2) is 5.82 Å². The highest BCUT2D eigenvalue weighted by Gasteiger charge is 2.24. The first kappa shape index (κ1) is 22.7. The maximum Gasteiger partial charge on any atom is 0.259 e. The van der Waals surface area contributed by atoms with Gasteiger partial charge in [0.1, 0.15) is 17.9 Å². The van der Waals surface area contributed by atoms with E-state index in [4.69, 9.17) is 4.74 Å². The number of nitrogens with zero attached hydrogens (tertiary/aromatic N) is 5. The van der Waals surface area contributed by atoms with E-state index < -0.39 is 0 Å². The van der Waals surface area contributed by atoms with Crippen molar-refractivity contribution in [3.63, 3.8) is 0 Å². The standard InChI is InChI=1S/C27H28N6O2/c1-18-16-24(25(19(2)28-18)27(34)33-14-6-3-7-15-33)35-17-20-10-12-21(13-11-20)22-8-4-5-9-23(22)26-29-31-32-30-26/h4-5,8-13,16H,3,6-7,14-15,17H2,1-2H3,(H,29,30,31,32). The number of ether oxygens (including phenoxy) is 1. The molecule has 1 fully saturated rings. The van der Waals surface area contributed by atoms with Crippen molar-refractivity contribution in [3.05, 3.63) is 77.1 Å². The highest BCUT2D eigenvalue weighted by molar-refractivity contribution is 5.98. The summed E-state index contributed by atoms with van der Waals surface area (Å²) in [5.41, 5.74) is 6.15. The number of H-pyrrole nitrogens is 1. The summed E-state index contributed by atoms with van der Waals surface area (Å²) in [6.45, 7) is 5.74. The average Bonchev–Trinajstić information content (AvgIpc) is 3.43. The second-order valence-electron chi connectivity index (χ2n) is 8.86. The molecule has 8 heteroatoms. The number of tetrazole rings is 1. The number of carbonyl (C=O) groups is 1. The first-order chi connectivity index (χ1) is 17.1. The van der Waals surface area contributed by atoms with Crippen molar-refractivity contribution in [2.45, 2.75) is 39.7 Å². The van der Waals surface area contributed by atoms with Crippen LogP contribution in [0.15, 0.2) is 54.6 Å². The molecule has 1 N–H and O–H groups in total. The van der Waals surface area contributed by atoms with Crippen molar-refractivity contribution in [2.75, 3.05) is 13.1 Å². The second kappa shape index (κ2) is 10.0. The molecule has 4 aromatic rings. The minimum Gasteiger partial charge on any atom is -0.488 e. The lowest BCUT2D eigenvalue weighted by atomic mass is 9.98. The van der Waals surface area contributed by atoms with E-state index >= 15 is 0 Å². The Labute approximate surface area is 204 Å². The maximum absolute atomic E-state index is 13.3. The molecule has 178 valence electrons. The van der Waals surface area contributed by atoms with Crippen molar-refractivity contribution in [1.29, 1.82) is 0 Å². The Balaban J connectivity index is 1.35. The van der Waals surface area contributed by atoms with Gasteiger partial charge in [-0.3, -0.25) is 9.78 Å². The first-order valence-electron chi connectivity index (χ1n) is 11.9. The lowest BCUT2D eigenvalue weighted by molar-refractivity contribution is 0.0718. The van der Waals surface area contributed by atoms with Crippen molar-refractivity contribution < 1.29 is 9.53 Å². The zero-order valence-electron chi connectivity index (χ0n) is 20.0. The number of aromatic amines is 1. The van der Waals surface area contributed by atoms with Crippen LogP contribution in [0.1, 0.15) is 46.6 Å². The van der Waals surface area contributed by atoms with Crippen molar-refractivity contribution in [3.8, 4) is 28.3 Å². The summed E-state index contributed by atoms with van der Waals surface area (Å²) in [5.74, 6) is 1.23. The quantitative estimate of drug-likeness (QED) is 0.439. The van der Waals surface area contributed by atoms with Gasteiger partial charge in [0, 0.05) is 30.4 Å². The van der Waals surface area contributed by atoms with Crippen LogP contribution in [0.3, 0.4) is 0 Å². The van der Waals surface area contributed by atoms with Gasteiger partial charge in [0.2, 0.25) is 0 Å². The molecule has 0 unspecified atom stereocenters. The fraction of sp³-hybridized carbons (Fsp3) is 0.296. The topological polar surface area (TPSA) is 96.9 Å². The lowest BCUT2D eigenvalue weighted by Gasteiger charge is -2.28. The van der Waals surface area contributed by atoms with Crippen LogP contribution in [-0.2, 0) is 6.61 Å². The van der Waals surface area contributed by atoms with Crippen LogP contribution in [0.25, 0.3) is 22.5 Å². The molecule has 1 aliphatic heterocycles. The molecular formula is C27H28N6O2. The molecule has 35 heavy (non-hydrogen) atoms. The van der Waals surface area contributed by atoms with E-state index in [2.05, 4.69) is 37.7 Å². The Morgan fingerprint density at radius 1 is 1.00 bits per heavy atom. The van der Waals surface area contributed by atoms with Gasteiger partial charge >= 0.3 is 0 Å². The predicted molar refractivity (Wildman–Crippen MR) is 133 cm³/mol. The molecule has 0 spiro atoms. The molecule has 0 bridgehead atoms.